The van der Waals surface area contributed by atoms with Crippen LogP contribution in [0.4, 0.5) is 13.6 Å². The lowest BCUT2D eigenvalue weighted by Gasteiger charge is -2.22. The van der Waals surface area contributed by atoms with E-state index in [0.29, 0.717) is 17.0 Å². The monoisotopic (exact) mass is 370 g/mol. The fraction of sp³-hybridized carbons (Fsp3) is 0.200. The van der Waals surface area contributed by atoms with Gasteiger partial charge in [0.05, 0.1) is 6.04 Å². The fourth-order valence-electron chi connectivity index (χ4n) is 2.92. The van der Waals surface area contributed by atoms with Gasteiger partial charge in [-0.1, -0.05) is 36.4 Å². The Balaban J connectivity index is 1.82. The van der Waals surface area contributed by atoms with Crippen molar-refractivity contribution >= 4 is 6.03 Å². The number of amides is 2. The predicted octanol–water partition coefficient (Wildman–Crippen LogP) is 3.85. The molecule has 2 N–H and O–H groups in total. The van der Waals surface area contributed by atoms with Gasteiger partial charge in [-0.15, -0.1) is 0 Å². The molecule has 1 aromatic heterocycles. The minimum absolute atomic E-state index is 0.292. The summed E-state index contributed by atoms with van der Waals surface area (Å²) in [5.41, 5.74) is 0.660. The molecule has 2 amide bonds. The number of rotatable bonds is 5. The Morgan fingerprint density at radius 3 is 2.15 bits per heavy atom. The highest BCUT2D eigenvalue weighted by Gasteiger charge is 2.24. The first kappa shape index (κ1) is 18.6. The maximum absolute atomic E-state index is 14.3. The molecule has 5 nitrogen and oxygen atoms in total. The molecular weight excluding hydrogens is 350 g/mol. The zero-order valence-corrected chi connectivity index (χ0v) is 15.0. The van der Waals surface area contributed by atoms with Crippen molar-refractivity contribution in [3.63, 3.8) is 0 Å². The van der Waals surface area contributed by atoms with Crippen molar-refractivity contribution < 1.29 is 13.6 Å². The lowest BCUT2D eigenvalue weighted by atomic mass is 10.1. The highest BCUT2D eigenvalue weighted by Crippen LogP contribution is 2.23. The van der Waals surface area contributed by atoms with E-state index in [1.165, 1.54) is 12.1 Å². The normalized spacial score (nSPS) is 13.0. The number of aromatic nitrogens is 2. The molecular formula is C20H20F2N4O. The van der Waals surface area contributed by atoms with Crippen LogP contribution in [0.5, 0.6) is 0 Å². The van der Waals surface area contributed by atoms with E-state index in [2.05, 4.69) is 15.6 Å². The number of hydrogen-bond acceptors (Lipinski definition) is 2. The van der Waals surface area contributed by atoms with Crippen LogP contribution in [-0.4, -0.2) is 15.6 Å². The molecule has 3 rings (SSSR count). The minimum atomic E-state index is -0.793. The topological polar surface area (TPSA) is 59.0 Å². The second-order valence-corrected chi connectivity index (χ2v) is 6.21. The average molecular weight is 370 g/mol. The third-order valence-corrected chi connectivity index (χ3v) is 4.33. The maximum Gasteiger partial charge on any atom is 0.316 e. The first-order valence-electron chi connectivity index (χ1n) is 8.50. The third-order valence-electron chi connectivity index (χ3n) is 4.33. The Kier molecular flexibility index (Phi) is 5.49. The summed E-state index contributed by atoms with van der Waals surface area (Å²) in [6.07, 6.45) is 3.29. The van der Waals surface area contributed by atoms with Gasteiger partial charge in [-0.3, -0.25) is 0 Å². The van der Waals surface area contributed by atoms with Gasteiger partial charge in [-0.2, -0.15) is 0 Å². The molecule has 7 heteroatoms. The molecule has 2 atom stereocenters. The Hall–Kier alpha value is -3.22. The van der Waals surface area contributed by atoms with E-state index in [1.54, 1.807) is 67.3 Å². The molecule has 0 spiro atoms. The van der Waals surface area contributed by atoms with Crippen molar-refractivity contribution in [1.29, 1.82) is 0 Å². The van der Waals surface area contributed by atoms with Crippen molar-refractivity contribution in [2.75, 3.05) is 0 Å². The van der Waals surface area contributed by atoms with Crippen LogP contribution >= 0.6 is 0 Å². The zero-order chi connectivity index (χ0) is 19.4. The number of hydrogen-bond donors (Lipinski definition) is 2. The van der Waals surface area contributed by atoms with Gasteiger partial charge in [0.15, 0.2) is 0 Å². The quantitative estimate of drug-likeness (QED) is 0.717. The van der Waals surface area contributed by atoms with Crippen LogP contribution in [0.2, 0.25) is 0 Å². The molecule has 140 valence electrons. The van der Waals surface area contributed by atoms with Gasteiger partial charge in [-0.25, -0.2) is 18.6 Å². The molecule has 27 heavy (non-hydrogen) atoms. The number of imidazole rings is 1. The molecule has 2 aromatic carbocycles. The van der Waals surface area contributed by atoms with Crippen LogP contribution in [0.15, 0.2) is 60.9 Å². The van der Waals surface area contributed by atoms with E-state index in [0.717, 1.165) is 0 Å². The first-order chi connectivity index (χ1) is 13.0. The van der Waals surface area contributed by atoms with Crippen LogP contribution in [0.1, 0.15) is 36.0 Å². The van der Waals surface area contributed by atoms with Gasteiger partial charge in [0, 0.05) is 30.6 Å². The van der Waals surface area contributed by atoms with Crippen LogP contribution in [0.3, 0.4) is 0 Å². The second kappa shape index (κ2) is 7.99. The van der Waals surface area contributed by atoms with Crippen molar-refractivity contribution in [3.8, 4) is 0 Å². The zero-order valence-electron chi connectivity index (χ0n) is 15.0. The summed E-state index contributed by atoms with van der Waals surface area (Å²) in [5.74, 6) is -0.373. The van der Waals surface area contributed by atoms with Gasteiger partial charge < -0.3 is 15.2 Å². The average Bonchev–Trinajstić information content (AvgIpc) is 3.06. The van der Waals surface area contributed by atoms with Gasteiger partial charge in [-0.05, 0) is 19.1 Å². The smallest absolute Gasteiger partial charge is 0.316 e. The predicted molar refractivity (Wildman–Crippen MR) is 97.9 cm³/mol. The molecule has 0 fully saturated rings. The van der Waals surface area contributed by atoms with E-state index >= 15 is 0 Å². The largest absolute Gasteiger partial charge is 0.336 e. The number of aryl methyl sites for hydroxylation is 1. The van der Waals surface area contributed by atoms with Crippen LogP contribution in [0, 0.1) is 11.6 Å². The minimum Gasteiger partial charge on any atom is -0.336 e. The molecule has 0 aliphatic carbocycles. The Labute approximate surface area is 156 Å². The standard InChI is InChI=1S/C20H20F2N4O/c1-13(14-7-3-5-9-16(14)21)24-20(27)25-18(19-23-11-12-26(19)2)15-8-4-6-10-17(15)22/h3-13,18H,1-2H3,(H2,24,25,27)/t13-,18+/m1/s1. The molecule has 0 bridgehead atoms. The molecule has 0 aliphatic heterocycles. The van der Waals surface area contributed by atoms with Crippen LogP contribution < -0.4 is 10.6 Å². The second-order valence-electron chi connectivity index (χ2n) is 6.21. The molecule has 0 saturated carbocycles. The van der Waals surface area contributed by atoms with Gasteiger partial charge in [0.1, 0.15) is 23.5 Å². The number of urea groups is 1. The van der Waals surface area contributed by atoms with E-state index in [-0.39, 0.29) is 0 Å². The summed E-state index contributed by atoms with van der Waals surface area (Å²) in [6.45, 7) is 1.68. The third kappa shape index (κ3) is 4.13. The van der Waals surface area contributed by atoms with Gasteiger partial charge in [0.2, 0.25) is 0 Å². The summed E-state index contributed by atoms with van der Waals surface area (Å²) in [4.78, 5) is 16.8. The lowest BCUT2D eigenvalue weighted by molar-refractivity contribution is 0.234. The lowest BCUT2D eigenvalue weighted by Crippen LogP contribution is -2.40. The van der Waals surface area contributed by atoms with Crippen molar-refractivity contribution in [1.82, 2.24) is 20.2 Å². The summed E-state index contributed by atoms with van der Waals surface area (Å²) >= 11 is 0. The Morgan fingerprint density at radius 2 is 1.59 bits per heavy atom. The summed E-state index contributed by atoms with van der Waals surface area (Å²) in [6, 6.07) is 10.5. The number of halogens is 2. The van der Waals surface area contributed by atoms with E-state index in [9.17, 15) is 13.6 Å². The number of carbonyl (C=O) groups is 1. The van der Waals surface area contributed by atoms with Gasteiger partial charge >= 0.3 is 6.03 Å². The van der Waals surface area contributed by atoms with E-state index in [1.807, 2.05) is 0 Å². The number of nitrogens with zero attached hydrogens (tertiary/aromatic N) is 2. The van der Waals surface area contributed by atoms with Crippen LogP contribution in [-0.2, 0) is 7.05 Å². The molecule has 1 heterocycles. The highest BCUT2D eigenvalue weighted by atomic mass is 19.1. The van der Waals surface area contributed by atoms with Crippen molar-refractivity contribution in [3.05, 3.63) is 89.5 Å². The number of nitrogens with one attached hydrogen (secondary N) is 2. The molecule has 0 radical (unpaired) electrons. The SMILES string of the molecule is C[C@@H](NC(=O)N[C@@H](c1ccccc1F)c1nccn1C)c1ccccc1F. The molecule has 3 aromatic rings. The maximum atomic E-state index is 14.3. The summed E-state index contributed by atoms with van der Waals surface area (Å²) in [5, 5.41) is 5.43. The van der Waals surface area contributed by atoms with Gasteiger partial charge in [0.25, 0.3) is 0 Å². The summed E-state index contributed by atoms with van der Waals surface area (Å²) < 4.78 is 30.0. The van der Waals surface area contributed by atoms with E-state index < -0.39 is 29.7 Å². The van der Waals surface area contributed by atoms with Crippen molar-refractivity contribution in [2.24, 2.45) is 7.05 Å². The number of benzene rings is 2. The molecule has 0 saturated heterocycles. The molecule has 0 aliphatic rings. The van der Waals surface area contributed by atoms with E-state index in [4.69, 9.17) is 0 Å². The first-order valence-corrected chi connectivity index (χ1v) is 8.50. The number of carbonyl (C=O) groups excluding carboxylic acids is 1. The molecule has 0 unspecified atom stereocenters. The Morgan fingerprint density at radius 1 is 1.00 bits per heavy atom. The fourth-order valence-corrected chi connectivity index (χ4v) is 2.92. The van der Waals surface area contributed by atoms with Crippen LogP contribution in [0.25, 0.3) is 0 Å². The summed E-state index contributed by atoms with van der Waals surface area (Å²) in [7, 11) is 1.76. The highest BCUT2D eigenvalue weighted by molar-refractivity contribution is 5.75. The van der Waals surface area contributed by atoms with Crippen molar-refractivity contribution in [2.45, 2.75) is 19.0 Å². The Bertz CT molecular complexity index is 941.